The van der Waals surface area contributed by atoms with Crippen molar-refractivity contribution in [2.45, 2.75) is 18.9 Å². The van der Waals surface area contributed by atoms with Crippen molar-refractivity contribution in [1.29, 1.82) is 0 Å². The second-order valence-corrected chi connectivity index (χ2v) is 5.75. The third-order valence-electron chi connectivity index (χ3n) is 4.55. The molecule has 5 nitrogen and oxygen atoms in total. The zero-order valence-corrected chi connectivity index (χ0v) is 11.2. The first-order chi connectivity index (χ1) is 9.79. The number of carbonyl (C=O) groups is 1. The van der Waals surface area contributed by atoms with Gasteiger partial charge in [-0.05, 0) is 44.0 Å². The molecular weight excluding hydrogens is 255 g/mol. The molecule has 0 spiro atoms. The Morgan fingerprint density at radius 3 is 3.00 bits per heavy atom. The highest BCUT2D eigenvalue weighted by Crippen LogP contribution is 2.27. The predicted molar refractivity (Wildman–Crippen MR) is 74.4 cm³/mol. The number of carbonyl (C=O) groups excluding carboxylic acids is 1. The average Bonchev–Trinajstić information content (AvgIpc) is 2.96. The van der Waals surface area contributed by atoms with E-state index in [0.29, 0.717) is 17.2 Å². The standard InChI is InChI=1S/C15H17N3O2/c19-15(12-7-11-3-6-20-14(11)8-16-12)17-13-9-18-4-1-10(13)2-5-18/h3,6-8,10,13H,1-2,4-5,9H2,(H,17,19)/t13-/m0/s1/i15+1. The normalized spacial score (nSPS) is 28.7. The van der Waals surface area contributed by atoms with Gasteiger partial charge < -0.3 is 14.6 Å². The zero-order chi connectivity index (χ0) is 13.5. The molecule has 104 valence electrons. The second-order valence-electron chi connectivity index (χ2n) is 5.75. The molecule has 0 unspecified atom stereocenters. The Bertz CT molecular complexity index is 643. The maximum atomic E-state index is 12.3. The minimum absolute atomic E-state index is 0.0770. The fourth-order valence-corrected chi connectivity index (χ4v) is 3.36. The summed E-state index contributed by atoms with van der Waals surface area (Å²) in [6, 6.07) is 3.91. The summed E-state index contributed by atoms with van der Waals surface area (Å²) in [6.07, 6.45) is 5.61. The van der Waals surface area contributed by atoms with Gasteiger partial charge in [0, 0.05) is 18.0 Å². The van der Waals surface area contributed by atoms with Gasteiger partial charge in [0.1, 0.15) is 5.69 Å². The molecule has 0 saturated carbocycles. The molecule has 3 aliphatic heterocycles. The van der Waals surface area contributed by atoms with E-state index >= 15 is 0 Å². The number of nitrogens with zero attached hydrogens (tertiary/aromatic N) is 2. The molecular formula is C15H17N3O2. The van der Waals surface area contributed by atoms with Crippen LogP contribution in [-0.2, 0) is 0 Å². The van der Waals surface area contributed by atoms with Gasteiger partial charge in [-0.1, -0.05) is 0 Å². The minimum atomic E-state index is -0.0770. The number of aromatic nitrogens is 1. The molecule has 2 aromatic heterocycles. The van der Waals surface area contributed by atoms with Gasteiger partial charge in [-0.3, -0.25) is 4.79 Å². The van der Waals surface area contributed by atoms with Crippen LogP contribution in [0.5, 0.6) is 0 Å². The van der Waals surface area contributed by atoms with Crippen LogP contribution in [0.2, 0.25) is 0 Å². The van der Waals surface area contributed by atoms with E-state index in [1.165, 1.54) is 25.9 Å². The highest BCUT2D eigenvalue weighted by atomic mass is 16.3. The molecule has 1 atom stereocenters. The topological polar surface area (TPSA) is 58.4 Å². The molecule has 5 heteroatoms. The van der Waals surface area contributed by atoms with E-state index in [1.807, 2.05) is 6.07 Å². The largest absolute Gasteiger partial charge is 0.463 e. The lowest BCUT2D eigenvalue weighted by Crippen LogP contribution is -2.57. The Kier molecular flexibility index (Phi) is 2.73. The first-order valence-corrected chi connectivity index (χ1v) is 7.16. The molecule has 3 saturated heterocycles. The zero-order valence-electron chi connectivity index (χ0n) is 11.2. The fraction of sp³-hybridized carbons (Fsp3) is 0.467. The van der Waals surface area contributed by atoms with Gasteiger partial charge in [-0.25, -0.2) is 4.98 Å². The third-order valence-corrected chi connectivity index (χ3v) is 4.55. The summed E-state index contributed by atoms with van der Waals surface area (Å²) in [5.41, 5.74) is 1.18. The van der Waals surface area contributed by atoms with Crippen LogP contribution in [-0.4, -0.2) is 41.5 Å². The molecule has 0 aliphatic carbocycles. The van der Waals surface area contributed by atoms with E-state index in [0.717, 1.165) is 11.9 Å². The number of amides is 1. The van der Waals surface area contributed by atoms with Crippen molar-refractivity contribution in [2.75, 3.05) is 19.6 Å². The molecule has 2 aromatic rings. The Hall–Kier alpha value is -1.88. The molecule has 5 heterocycles. The Balaban J connectivity index is 1.52. The van der Waals surface area contributed by atoms with Crippen molar-refractivity contribution >= 4 is 16.9 Å². The first-order valence-electron chi connectivity index (χ1n) is 7.16. The van der Waals surface area contributed by atoms with Gasteiger partial charge in [-0.15, -0.1) is 0 Å². The Labute approximate surface area is 117 Å². The molecule has 3 fully saturated rings. The predicted octanol–water partition coefficient (Wildman–Crippen LogP) is 1.65. The van der Waals surface area contributed by atoms with Gasteiger partial charge in [-0.2, -0.15) is 0 Å². The average molecular weight is 272 g/mol. The molecule has 1 N–H and O–H groups in total. The number of fused-ring (bicyclic) bond motifs is 4. The van der Waals surface area contributed by atoms with Crippen LogP contribution in [0.15, 0.2) is 29.0 Å². The summed E-state index contributed by atoms with van der Waals surface area (Å²) in [7, 11) is 0. The van der Waals surface area contributed by atoms with Crippen LogP contribution in [0.25, 0.3) is 11.0 Å². The summed E-state index contributed by atoms with van der Waals surface area (Å²) in [5.74, 6) is 0.549. The smallest absolute Gasteiger partial charge is 0.270 e. The number of piperidine rings is 3. The monoisotopic (exact) mass is 272 g/mol. The lowest BCUT2D eigenvalue weighted by Gasteiger charge is -2.44. The van der Waals surface area contributed by atoms with Gasteiger partial charge in [0.2, 0.25) is 0 Å². The molecule has 3 aliphatic rings. The highest BCUT2D eigenvalue weighted by molar-refractivity contribution is 5.95. The van der Waals surface area contributed by atoms with E-state index in [1.54, 1.807) is 18.5 Å². The van der Waals surface area contributed by atoms with E-state index in [4.69, 9.17) is 4.42 Å². The molecule has 2 bridgehead atoms. The minimum Gasteiger partial charge on any atom is -0.463 e. The fourth-order valence-electron chi connectivity index (χ4n) is 3.36. The summed E-state index contributed by atoms with van der Waals surface area (Å²) in [5, 5.41) is 4.07. The van der Waals surface area contributed by atoms with Crippen molar-refractivity contribution < 1.29 is 9.21 Å². The summed E-state index contributed by atoms with van der Waals surface area (Å²) in [6.45, 7) is 3.33. The summed E-state index contributed by atoms with van der Waals surface area (Å²) >= 11 is 0. The van der Waals surface area contributed by atoms with Crippen LogP contribution >= 0.6 is 0 Å². The van der Waals surface area contributed by atoms with Crippen molar-refractivity contribution in [3.8, 4) is 0 Å². The maximum Gasteiger partial charge on any atom is 0.270 e. The van der Waals surface area contributed by atoms with E-state index in [9.17, 15) is 4.79 Å². The van der Waals surface area contributed by atoms with Crippen molar-refractivity contribution in [3.63, 3.8) is 0 Å². The van der Waals surface area contributed by atoms with E-state index in [2.05, 4.69) is 15.2 Å². The van der Waals surface area contributed by atoms with Gasteiger partial charge in [0.05, 0.1) is 12.5 Å². The van der Waals surface area contributed by atoms with Gasteiger partial charge in [0.25, 0.3) is 5.91 Å². The number of nitrogens with one attached hydrogen (secondary N) is 1. The highest BCUT2D eigenvalue weighted by Gasteiger charge is 2.35. The van der Waals surface area contributed by atoms with Gasteiger partial charge >= 0.3 is 0 Å². The SMILES string of the molecule is O=[13C](N[C@H]1CN2CCC1CC2)c1cc2ccoc2cn1. The van der Waals surface area contributed by atoms with Gasteiger partial charge in [0.15, 0.2) is 5.58 Å². The summed E-state index contributed by atoms with van der Waals surface area (Å²) in [4.78, 5) is 18.9. The Morgan fingerprint density at radius 1 is 1.40 bits per heavy atom. The van der Waals surface area contributed by atoms with E-state index in [-0.39, 0.29) is 11.9 Å². The number of pyridine rings is 1. The molecule has 0 aromatic carbocycles. The van der Waals surface area contributed by atoms with Crippen LogP contribution < -0.4 is 5.32 Å². The second kappa shape index (κ2) is 4.59. The van der Waals surface area contributed by atoms with Crippen LogP contribution in [0.3, 0.4) is 0 Å². The molecule has 1 amide bonds. The van der Waals surface area contributed by atoms with Crippen LogP contribution in [0.1, 0.15) is 23.3 Å². The van der Waals surface area contributed by atoms with E-state index < -0.39 is 0 Å². The Morgan fingerprint density at radius 2 is 2.25 bits per heavy atom. The third kappa shape index (κ3) is 1.98. The summed E-state index contributed by atoms with van der Waals surface area (Å²) < 4.78 is 5.24. The quantitative estimate of drug-likeness (QED) is 0.845. The first kappa shape index (κ1) is 11.9. The number of furan rings is 1. The van der Waals surface area contributed by atoms with Crippen molar-refractivity contribution in [1.82, 2.24) is 15.2 Å². The van der Waals surface area contributed by atoms with Crippen LogP contribution in [0, 0.1) is 5.92 Å². The molecule has 0 radical (unpaired) electrons. The number of rotatable bonds is 2. The molecule has 20 heavy (non-hydrogen) atoms. The van der Waals surface area contributed by atoms with Crippen molar-refractivity contribution in [2.24, 2.45) is 5.92 Å². The lowest BCUT2D eigenvalue weighted by atomic mass is 9.84. The number of hydrogen-bond acceptors (Lipinski definition) is 4. The van der Waals surface area contributed by atoms with Crippen molar-refractivity contribution in [3.05, 3.63) is 30.3 Å². The lowest BCUT2D eigenvalue weighted by molar-refractivity contribution is 0.0618. The number of hydrogen-bond donors (Lipinski definition) is 1. The molecule has 5 rings (SSSR count). The maximum absolute atomic E-state index is 12.3. The van der Waals surface area contributed by atoms with Crippen LogP contribution in [0.4, 0.5) is 0 Å².